The smallest absolute Gasteiger partial charge is 0.247 e. The van der Waals surface area contributed by atoms with Crippen molar-refractivity contribution >= 4 is 35.0 Å². The molecule has 4 aromatic rings. The lowest BCUT2D eigenvalue weighted by molar-refractivity contribution is -0.142. The van der Waals surface area contributed by atoms with Gasteiger partial charge in [-0.2, -0.15) is 0 Å². The minimum Gasteiger partial charge on any atom is -0.457 e. The van der Waals surface area contributed by atoms with Crippen molar-refractivity contribution in [3.05, 3.63) is 99.7 Å². The molecule has 0 spiro atoms. The number of aliphatic hydroxyl groups excluding tert-OH is 1. The van der Waals surface area contributed by atoms with Crippen LogP contribution < -0.4 is 20.7 Å². The van der Waals surface area contributed by atoms with Crippen LogP contribution in [0.3, 0.4) is 0 Å². The van der Waals surface area contributed by atoms with Crippen LogP contribution in [0.15, 0.2) is 66.9 Å². The van der Waals surface area contributed by atoms with E-state index >= 15 is 4.39 Å². The monoisotopic (exact) mass is 767 g/mol. The second-order valence-corrected chi connectivity index (χ2v) is 14.8. The second-order valence-electron chi connectivity index (χ2n) is 13.9. The van der Waals surface area contributed by atoms with E-state index in [9.17, 15) is 14.7 Å². The number of carbonyl (C=O) groups excluding carboxylic acids is 2. The molecule has 1 fully saturated rings. The van der Waals surface area contributed by atoms with Crippen LogP contribution in [-0.2, 0) is 36.1 Å². The van der Waals surface area contributed by atoms with Crippen LogP contribution in [0, 0.1) is 5.82 Å². The first-order valence-corrected chi connectivity index (χ1v) is 18.3. The molecular formula is C39H48Cl2FN7O4. The average Bonchev–Trinajstić information content (AvgIpc) is 3.49. The van der Waals surface area contributed by atoms with Crippen LogP contribution in [0.4, 0.5) is 4.39 Å². The molecule has 0 bridgehead atoms. The number of nitrogens with zero attached hydrogens (tertiary/aromatic N) is 4. The fourth-order valence-electron chi connectivity index (χ4n) is 6.60. The number of likely N-dealkylation sites (N-methyl/N-ethyl adjacent to an activating group) is 1. The van der Waals surface area contributed by atoms with Crippen LogP contribution in [0.25, 0.3) is 11.3 Å². The van der Waals surface area contributed by atoms with E-state index in [-0.39, 0.29) is 22.9 Å². The highest BCUT2D eigenvalue weighted by Gasteiger charge is 2.41. The molecule has 3 aromatic carbocycles. The molecule has 5 rings (SSSR count). The Labute approximate surface area is 320 Å². The van der Waals surface area contributed by atoms with Gasteiger partial charge >= 0.3 is 0 Å². The van der Waals surface area contributed by atoms with Crippen molar-refractivity contribution in [1.82, 2.24) is 35.3 Å². The third-order valence-electron chi connectivity index (χ3n) is 9.75. The van der Waals surface area contributed by atoms with E-state index in [1.807, 2.05) is 68.3 Å². The molecule has 0 aliphatic carbocycles. The van der Waals surface area contributed by atoms with E-state index in [0.29, 0.717) is 30.3 Å². The van der Waals surface area contributed by atoms with Gasteiger partial charge in [-0.05, 0) is 101 Å². The summed E-state index contributed by atoms with van der Waals surface area (Å²) in [7, 11) is 7.66. The highest BCUT2D eigenvalue weighted by molar-refractivity contribution is 6.31. The molecule has 284 valence electrons. The molecule has 1 aromatic heterocycles. The Bertz CT molecular complexity index is 1860. The van der Waals surface area contributed by atoms with E-state index in [0.717, 1.165) is 42.0 Å². The van der Waals surface area contributed by atoms with Gasteiger partial charge in [-0.3, -0.25) is 9.59 Å². The summed E-state index contributed by atoms with van der Waals surface area (Å²) < 4.78 is 23.5. The first-order chi connectivity index (χ1) is 25.3. The Hall–Kier alpha value is -4.04. The Balaban J connectivity index is 1.23. The van der Waals surface area contributed by atoms with Crippen LogP contribution in [0.2, 0.25) is 10.0 Å². The summed E-state index contributed by atoms with van der Waals surface area (Å²) in [6, 6.07) is 15.6. The summed E-state index contributed by atoms with van der Waals surface area (Å²) in [5.74, 6) is 0.0393. The van der Waals surface area contributed by atoms with E-state index in [1.54, 1.807) is 31.0 Å². The molecule has 2 amide bonds. The zero-order chi connectivity index (χ0) is 38.3. The Kier molecular flexibility index (Phi) is 13.5. The van der Waals surface area contributed by atoms with Gasteiger partial charge in [0.05, 0.1) is 36.6 Å². The maximum atomic E-state index is 15.3. The van der Waals surface area contributed by atoms with Crippen molar-refractivity contribution in [1.29, 1.82) is 0 Å². The predicted molar refractivity (Wildman–Crippen MR) is 206 cm³/mol. The van der Waals surface area contributed by atoms with Crippen molar-refractivity contribution in [3.8, 4) is 22.8 Å². The molecule has 3 unspecified atom stereocenters. The number of halogens is 3. The topological polar surface area (TPSA) is 124 Å². The molecule has 1 aliphatic rings. The maximum absolute atomic E-state index is 15.3. The number of nitrogens with one attached hydrogen (secondary N) is 3. The predicted octanol–water partition coefficient (Wildman–Crippen LogP) is 5.17. The van der Waals surface area contributed by atoms with Crippen molar-refractivity contribution in [2.24, 2.45) is 7.05 Å². The number of benzene rings is 3. The van der Waals surface area contributed by atoms with Crippen molar-refractivity contribution in [2.75, 3.05) is 40.8 Å². The standard InChI is InChI=1S/C39H48Cl2FN7O4/c1-25(37(51)46-33(23-50)38(52)49(5)39(15-6-16-43-24-39)19-26-7-11-28(40)12-8-26)44-20-31-32(42)17-29(41)18-35(31)53-30-13-9-27(10-14-30)34-21-45-36(48(34)4)22-47(2)3/h7-14,17-18,21,25,33,43-44,50H,6,15-16,19-20,22-24H2,1-5H3,(H,46,51). The summed E-state index contributed by atoms with van der Waals surface area (Å²) in [5, 5.41) is 20.2. The van der Waals surface area contributed by atoms with E-state index < -0.39 is 41.9 Å². The summed E-state index contributed by atoms with van der Waals surface area (Å²) in [4.78, 5) is 35.4. The molecule has 0 radical (unpaired) electrons. The number of hydrogen-bond donors (Lipinski definition) is 4. The van der Waals surface area contributed by atoms with Gasteiger partial charge in [0.1, 0.15) is 29.2 Å². The average molecular weight is 769 g/mol. The van der Waals surface area contributed by atoms with Gasteiger partial charge in [0, 0.05) is 48.4 Å². The number of aliphatic hydroxyl groups is 1. The lowest BCUT2D eigenvalue weighted by Crippen LogP contribution is -2.63. The highest BCUT2D eigenvalue weighted by Crippen LogP contribution is 2.33. The van der Waals surface area contributed by atoms with Gasteiger partial charge in [-0.1, -0.05) is 35.3 Å². The van der Waals surface area contributed by atoms with Crippen LogP contribution in [0.5, 0.6) is 11.5 Å². The molecular weight excluding hydrogens is 720 g/mol. The number of carbonyl (C=O) groups is 2. The van der Waals surface area contributed by atoms with Gasteiger partial charge < -0.3 is 40.2 Å². The molecule has 0 saturated carbocycles. The summed E-state index contributed by atoms with van der Waals surface area (Å²) >= 11 is 12.3. The molecule has 11 nitrogen and oxygen atoms in total. The first-order valence-electron chi connectivity index (χ1n) is 17.6. The minimum atomic E-state index is -1.18. The lowest BCUT2D eigenvalue weighted by Gasteiger charge is -2.46. The third-order valence-corrected chi connectivity index (χ3v) is 10.2. The van der Waals surface area contributed by atoms with Crippen LogP contribution in [0.1, 0.15) is 36.7 Å². The molecule has 53 heavy (non-hydrogen) atoms. The van der Waals surface area contributed by atoms with Crippen LogP contribution >= 0.6 is 23.2 Å². The second kappa shape index (κ2) is 17.9. The fourth-order valence-corrected chi connectivity index (χ4v) is 6.92. The number of imidazole rings is 1. The van der Waals surface area contributed by atoms with Crippen molar-refractivity contribution in [2.45, 2.75) is 56.9 Å². The Morgan fingerprint density at radius 2 is 1.81 bits per heavy atom. The summed E-state index contributed by atoms with van der Waals surface area (Å²) in [6.45, 7) is 3.03. The fraction of sp³-hybridized carbons (Fsp3) is 0.410. The minimum absolute atomic E-state index is 0.0812. The first kappa shape index (κ1) is 40.2. The molecule has 14 heteroatoms. The lowest BCUT2D eigenvalue weighted by atomic mass is 9.82. The Morgan fingerprint density at radius 3 is 2.45 bits per heavy atom. The maximum Gasteiger partial charge on any atom is 0.247 e. The third kappa shape index (κ3) is 9.94. The molecule has 1 aliphatic heterocycles. The van der Waals surface area contributed by atoms with Gasteiger partial charge in [-0.15, -0.1) is 0 Å². The summed E-state index contributed by atoms with van der Waals surface area (Å²) in [5.41, 5.74) is 2.51. The summed E-state index contributed by atoms with van der Waals surface area (Å²) in [6.07, 6.45) is 4.02. The van der Waals surface area contributed by atoms with E-state index in [2.05, 4.69) is 25.8 Å². The molecule has 3 atom stereocenters. The van der Waals surface area contributed by atoms with E-state index in [4.69, 9.17) is 27.9 Å². The number of rotatable bonds is 15. The zero-order valence-corrected chi connectivity index (χ0v) is 32.3. The largest absolute Gasteiger partial charge is 0.457 e. The van der Waals surface area contributed by atoms with Gasteiger partial charge in [0.25, 0.3) is 0 Å². The van der Waals surface area contributed by atoms with Crippen molar-refractivity contribution < 1.29 is 23.8 Å². The normalized spacial score (nSPS) is 17.0. The van der Waals surface area contributed by atoms with Gasteiger partial charge in [0.2, 0.25) is 11.8 Å². The van der Waals surface area contributed by atoms with Crippen molar-refractivity contribution in [3.63, 3.8) is 0 Å². The quantitative estimate of drug-likeness (QED) is 0.131. The number of ether oxygens (including phenoxy) is 1. The van der Waals surface area contributed by atoms with E-state index in [1.165, 1.54) is 12.1 Å². The zero-order valence-electron chi connectivity index (χ0n) is 30.8. The van der Waals surface area contributed by atoms with Crippen LogP contribution in [-0.4, -0.2) is 94.7 Å². The molecule has 2 heterocycles. The number of hydrogen-bond acceptors (Lipinski definition) is 8. The number of piperidine rings is 1. The van der Waals surface area contributed by atoms with Gasteiger partial charge in [0.15, 0.2) is 0 Å². The SMILES string of the molecule is CC(NCc1c(F)cc(Cl)cc1Oc1ccc(-c2cnc(CN(C)C)n2C)cc1)C(=O)NC(CO)C(=O)N(C)C1(Cc2ccc(Cl)cc2)CCCNC1. The Morgan fingerprint density at radius 1 is 1.09 bits per heavy atom. The molecule has 4 N–H and O–H groups in total. The number of amides is 2. The highest BCUT2D eigenvalue weighted by atomic mass is 35.5. The molecule has 1 saturated heterocycles. The van der Waals surface area contributed by atoms with Gasteiger partial charge in [-0.25, -0.2) is 9.37 Å². The number of aromatic nitrogens is 2.